The standard InChI is InChI=1S/C7H13N2O/c1-7(2,3)6(10-4)5-9-8/h5H,1-4H3/q+1/b6-5+. The molecule has 0 unspecified atom stereocenters. The van der Waals surface area contributed by atoms with Crippen molar-refractivity contribution in [3.05, 3.63) is 16.9 Å². The first-order valence-corrected chi connectivity index (χ1v) is 3.11. The number of methoxy groups -OCH3 is 1. The summed E-state index contributed by atoms with van der Waals surface area (Å²) in [7, 11) is 1.56. The van der Waals surface area contributed by atoms with Gasteiger partial charge in [0.05, 0.1) is 7.11 Å². The minimum Gasteiger partial charge on any atom is -0.493 e. The van der Waals surface area contributed by atoms with Crippen molar-refractivity contribution in [3.8, 4) is 0 Å². The van der Waals surface area contributed by atoms with Gasteiger partial charge in [-0.15, -0.1) is 0 Å². The monoisotopic (exact) mass is 141 g/mol. The molecule has 56 valence electrons. The van der Waals surface area contributed by atoms with Gasteiger partial charge >= 0.3 is 6.20 Å². The number of hydrogen-bond acceptors (Lipinski definition) is 2. The predicted molar refractivity (Wildman–Crippen MR) is 39.6 cm³/mol. The summed E-state index contributed by atoms with van der Waals surface area (Å²) in [5.41, 5.74) is -0.0962. The first-order chi connectivity index (χ1) is 4.52. The molecule has 0 fully saturated rings. The van der Waals surface area contributed by atoms with E-state index in [9.17, 15) is 0 Å². The van der Waals surface area contributed by atoms with Crippen LogP contribution in [-0.2, 0) is 4.74 Å². The fourth-order valence-electron chi connectivity index (χ4n) is 0.605. The molecule has 0 spiro atoms. The zero-order chi connectivity index (χ0) is 8.20. The Balaban J connectivity index is 4.41. The second kappa shape index (κ2) is 3.21. The van der Waals surface area contributed by atoms with Crippen molar-refractivity contribution in [2.24, 2.45) is 5.41 Å². The molecule has 0 saturated heterocycles. The van der Waals surface area contributed by atoms with Crippen LogP contribution in [0.5, 0.6) is 0 Å². The molecule has 0 heterocycles. The Morgan fingerprint density at radius 2 is 2.00 bits per heavy atom. The fraction of sp³-hybridized carbons (Fsp3) is 0.714. The van der Waals surface area contributed by atoms with E-state index in [1.54, 1.807) is 7.11 Å². The quantitative estimate of drug-likeness (QED) is 0.415. The van der Waals surface area contributed by atoms with Gasteiger partial charge < -0.3 is 4.74 Å². The minimum atomic E-state index is -0.0962. The molecule has 0 aromatic heterocycles. The third-order valence-corrected chi connectivity index (χ3v) is 1.13. The maximum absolute atomic E-state index is 8.20. The number of rotatable bonds is 1. The van der Waals surface area contributed by atoms with Crippen molar-refractivity contribution in [2.45, 2.75) is 20.8 Å². The lowest BCUT2D eigenvalue weighted by atomic mass is 9.94. The normalized spacial score (nSPS) is 12.5. The Bertz CT molecular complexity index is 171. The Morgan fingerprint density at radius 1 is 1.50 bits per heavy atom. The third kappa shape index (κ3) is 2.49. The molecule has 0 aromatic carbocycles. The van der Waals surface area contributed by atoms with E-state index in [2.05, 4.69) is 4.98 Å². The molecule has 0 aliphatic heterocycles. The van der Waals surface area contributed by atoms with Crippen molar-refractivity contribution in [1.82, 2.24) is 0 Å². The Kier molecular flexibility index (Phi) is 2.88. The lowest BCUT2D eigenvalue weighted by Crippen LogP contribution is -2.10. The van der Waals surface area contributed by atoms with Gasteiger partial charge in [0.1, 0.15) is 0 Å². The van der Waals surface area contributed by atoms with Gasteiger partial charge in [0.25, 0.3) is 0 Å². The molecule has 0 radical (unpaired) electrons. The van der Waals surface area contributed by atoms with Crippen molar-refractivity contribution < 1.29 is 4.74 Å². The smallest absolute Gasteiger partial charge is 0.388 e. The van der Waals surface area contributed by atoms with Crippen LogP contribution in [0.25, 0.3) is 4.98 Å². The van der Waals surface area contributed by atoms with Crippen LogP contribution in [0.1, 0.15) is 20.8 Å². The summed E-state index contributed by atoms with van der Waals surface area (Å²) in [6.07, 6.45) is 1.31. The molecule has 0 aliphatic rings. The highest BCUT2D eigenvalue weighted by Crippen LogP contribution is 2.25. The third-order valence-electron chi connectivity index (χ3n) is 1.13. The molecule has 10 heavy (non-hydrogen) atoms. The summed E-state index contributed by atoms with van der Waals surface area (Å²) in [6, 6.07) is 0. The molecule has 0 aliphatic carbocycles. The van der Waals surface area contributed by atoms with Crippen molar-refractivity contribution >= 4 is 0 Å². The van der Waals surface area contributed by atoms with Crippen LogP contribution in [0.4, 0.5) is 0 Å². The molecule has 0 N–H and O–H groups in total. The van der Waals surface area contributed by atoms with Gasteiger partial charge in [0.2, 0.25) is 5.39 Å². The van der Waals surface area contributed by atoms with Crippen LogP contribution in [-0.4, -0.2) is 7.11 Å². The summed E-state index contributed by atoms with van der Waals surface area (Å²) in [5, 5.41) is 8.20. The van der Waals surface area contributed by atoms with Crippen LogP contribution in [0.2, 0.25) is 0 Å². The first-order valence-electron chi connectivity index (χ1n) is 3.11. The molecule has 0 bridgehead atoms. The number of nitrogens with zero attached hydrogens (tertiary/aromatic N) is 2. The Labute approximate surface area is 61.3 Å². The molecule has 0 amide bonds. The van der Waals surface area contributed by atoms with E-state index in [-0.39, 0.29) is 5.41 Å². The number of ether oxygens (including phenoxy) is 1. The van der Waals surface area contributed by atoms with Crippen LogP contribution in [0.3, 0.4) is 0 Å². The molecule has 3 heteroatoms. The lowest BCUT2D eigenvalue weighted by molar-refractivity contribution is 0.206. The van der Waals surface area contributed by atoms with E-state index in [1.807, 2.05) is 20.8 Å². The molecule has 0 aromatic rings. The van der Waals surface area contributed by atoms with Crippen LogP contribution in [0, 0.1) is 10.8 Å². The van der Waals surface area contributed by atoms with E-state index in [4.69, 9.17) is 10.1 Å². The topological polar surface area (TPSA) is 37.4 Å². The van der Waals surface area contributed by atoms with E-state index in [0.717, 1.165) is 0 Å². The van der Waals surface area contributed by atoms with Crippen molar-refractivity contribution in [3.63, 3.8) is 0 Å². The maximum atomic E-state index is 8.20. The lowest BCUT2D eigenvalue weighted by Gasteiger charge is -2.16. The van der Waals surface area contributed by atoms with Gasteiger partial charge in [-0.1, -0.05) is 20.8 Å². The Hall–Kier alpha value is -1.04. The highest BCUT2D eigenvalue weighted by Gasteiger charge is 2.21. The summed E-state index contributed by atoms with van der Waals surface area (Å²) in [6.45, 7) is 5.94. The summed E-state index contributed by atoms with van der Waals surface area (Å²) < 4.78 is 4.96. The van der Waals surface area contributed by atoms with Crippen molar-refractivity contribution in [2.75, 3.05) is 7.11 Å². The van der Waals surface area contributed by atoms with Gasteiger partial charge in [-0.05, 0) is 0 Å². The molecule has 3 nitrogen and oxygen atoms in total. The van der Waals surface area contributed by atoms with E-state index in [0.29, 0.717) is 5.76 Å². The average Bonchev–Trinajstić information content (AvgIpc) is 1.80. The molecule has 0 atom stereocenters. The van der Waals surface area contributed by atoms with E-state index < -0.39 is 0 Å². The zero-order valence-corrected chi connectivity index (χ0v) is 6.88. The molecular formula is C7H13N2O+. The summed E-state index contributed by atoms with van der Waals surface area (Å²) >= 11 is 0. The molecule has 0 saturated carbocycles. The minimum absolute atomic E-state index is 0.0962. The Morgan fingerprint density at radius 3 is 2.10 bits per heavy atom. The number of diazo groups is 1. The highest BCUT2D eigenvalue weighted by molar-refractivity contribution is 5.05. The SMILES string of the molecule is CO/C(=C/[N+]#N)C(C)(C)C. The molecule has 0 rings (SSSR count). The van der Waals surface area contributed by atoms with Crippen LogP contribution < -0.4 is 0 Å². The summed E-state index contributed by atoms with van der Waals surface area (Å²) in [5.74, 6) is 0.662. The van der Waals surface area contributed by atoms with Crippen LogP contribution >= 0.6 is 0 Å². The highest BCUT2D eigenvalue weighted by atomic mass is 16.5. The van der Waals surface area contributed by atoms with Crippen LogP contribution in [0.15, 0.2) is 12.0 Å². The second-order valence-corrected chi connectivity index (χ2v) is 3.06. The predicted octanol–water partition coefficient (Wildman–Crippen LogP) is 2.37. The second-order valence-electron chi connectivity index (χ2n) is 3.06. The summed E-state index contributed by atoms with van der Waals surface area (Å²) in [4.78, 5) is 2.89. The van der Waals surface area contributed by atoms with Gasteiger partial charge in [-0.3, -0.25) is 0 Å². The first kappa shape index (κ1) is 8.96. The van der Waals surface area contributed by atoms with Crippen molar-refractivity contribution in [1.29, 1.82) is 5.39 Å². The number of hydrogen-bond donors (Lipinski definition) is 0. The fourth-order valence-corrected chi connectivity index (χ4v) is 0.605. The van der Waals surface area contributed by atoms with Gasteiger partial charge in [0.15, 0.2) is 10.7 Å². The number of allylic oxidation sites excluding steroid dienone is 1. The van der Waals surface area contributed by atoms with E-state index >= 15 is 0 Å². The van der Waals surface area contributed by atoms with E-state index in [1.165, 1.54) is 6.20 Å². The molecular weight excluding hydrogens is 128 g/mol. The zero-order valence-electron chi connectivity index (χ0n) is 6.88. The van der Waals surface area contributed by atoms with Gasteiger partial charge in [-0.25, -0.2) is 0 Å². The largest absolute Gasteiger partial charge is 0.493 e. The average molecular weight is 141 g/mol. The maximum Gasteiger partial charge on any atom is 0.388 e. The van der Waals surface area contributed by atoms with Gasteiger partial charge in [0, 0.05) is 5.41 Å². The van der Waals surface area contributed by atoms with Gasteiger partial charge in [-0.2, -0.15) is 0 Å².